The van der Waals surface area contributed by atoms with E-state index in [1.807, 2.05) is 27.7 Å². The van der Waals surface area contributed by atoms with Gasteiger partial charge in [-0.05, 0) is 50.3 Å². The number of aromatic nitrogens is 2. The van der Waals surface area contributed by atoms with Crippen molar-refractivity contribution in [2.45, 2.75) is 66.1 Å². The van der Waals surface area contributed by atoms with Gasteiger partial charge in [-0.3, -0.25) is 4.79 Å². The lowest BCUT2D eigenvalue weighted by Crippen LogP contribution is -2.59. The van der Waals surface area contributed by atoms with E-state index >= 15 is 0 Å². The molecule has 0 saturated carbocycles. The fourth-order valence-corrected chi connectivity index (χ4v) is 5.89. The summed E-state index contributed by atoms with van der Waals surface area (Å²) in [6.07, 6.45) is 2.47. The molecule has 1 fully saturated rings. The predicted molar refractivity (Wildman–Crippen MR) is 154 cm³/mol. The van der Waals surface area contributed by atoms with Crippen molar-refractivity contribution in [1.82, 2.24) is 14.9 Å². The van der Waals surface area contributed by atoms with E-state index in [0.29, 0.717) is 13.1 Å². The molecule has 7 heteroatoms. The fourth-order valence-electron chi connectivity index (χ4n) is 5.89. The molecule has 0 aliphatic carbocycles. The highest BCUT2D eigenvalue weighted by molar-refractivity contribution is 5.97. The smallest absolute Gasteiger partial charge is 0.246 e. The number of anilines is 2. The molecule has 0 spiro atoms. The first-order valence-corrected chi connectivity index (χ1v) is 13.6. The number of hydrogen-bond acceptors (Lipinski definition) is 6. The van der Waals surface area contributed by atoms with Crippen LogP contribution < -0.4 is 9.80 Å². The Labute approximate surface area is 226 Å². The number of aryl methyl sites for hydroxylation is 2. The second-order valence-electron chi connectivity index (χ2n) is 9.86. The largest absolute Gasteiger partial charge is 0.365 e. The standard InChI is InChI=1S/C29H32N6O.C2H6/c1-5-27(36)35-20(3)16-34(17-23(35)12-14-30)29-24-13-15-33(18-25(24)31-21(4)32-29)26-11-7-10-22-9-6-8-19(2)28(22)26;1-2/h5-11,20,23H,1,12-13,15-18H2,2-4H3;1-2H3. The SMILES string of the molecule is C=CC(=O)N1C(C)CN(c2nc(C)nc3c2CCN(c2cccc4cccc(C)c24)C3)CC1CC#N.CC. The molecule has 3 aromatic rings. The van der Waals surface area contributed by atoms with E-state index < -0.39 is 0 Å². The number of benzene rings is 2. The lowest BCUT2D eigenvalue weighted by Gasteiger charge is -2.46. The van der Waals surface area contributed by atoms with Crippen LogP contribution in [0.15, 0.2) is 49.1 Å². The van der Waals surface area contributed by atoms with Crippen molar-refractivity contribution >= 4 is 28.2 Å². The Hall–Kier alpha value is -3.92. The highest BCUT2D eigenvalue weighted by Crippen LogP contribution is 2.35. The summed E-state index contributed by atoms with van der Waals surface area (Å²) < 4.78 is 0. The lowest BCUT2D eigenvalue weighted by atomic mass is 9.98. The summed E-state index contributed by atoms with van der Waals surface area (Å²) in [6.45, 7) is 16.6. The van der Waals surface area contributed by atoms with Crippen molar-refractivity contribution in [1.29, 1.82) is 5.26 Å². The highest BCUT2D eigenvalue weighted by atomic mass is 16.2. The molecule has 2 aliphatic heterocycles. The minimum absolute atomic E-state index is 0.0488. The van der Waals surface area contributed by atoms with Crippen LogP contribution in [0.5, 0.6) is 0 Å². The topological polar surface area (TPSA) is 76.4 Å². The zero-order chi connectivity index (χ0) is 27.4. The van der Waals surface area contributed by atoms with Gasteiger partial charge in [0.1, 0.15) is 11.6 Å². The maximum atomic E-state index is 12.5. The monoisotopic (exact) mass is 510 g/mol. The van der Waals surface area contributed by atoms with Crippen LogP contribution in [0.1, 0.15) is 49.8 Å². The van der Waals surface area contributed by atoms with E-state index in [0.717, 1.165) is 36.8 Å². The molecule has 2 atom stereocenters. The molecular weight excluding hydrogens is 472 g/mol. The van der Waals surface area contributed by atoms with Crippen LogP contribution in [0.2, 0.25) is 0 Å². The summed E-state index contributed by atoms with van der Waals surface area (Å²) in [4.78, 5) is 28.8. The molecule has 2 aromatic carbocycles. The Bertz CT molecular complexity index is 1370. The number of fused-ring (bicyclic) bond motifs is 2. The molecule has 2 aliphatic rings. The van der Waals surface area contributed by atoms with Crippen LogP contribution in [-0.2, 0) is 17.8 Å². The normalized spacial score (nSPS) is 18.8. The molecule has 5 rings (SSSR count). The van der Waals surface area contributed by atoms with Crippen molar-refractivity contribution in [3.8, 4) is 6.07 Å². The number of nitrogens with zero attached hydrogens (tertiary/aromatic N) is 6. The minimum Gasteiger partial charge on any atom is -0.365 e. The highest BCUT2D eigenvalue weighted by Gasteiger charge is 2.36. The number of piperazine rings is 1. The molecule has 3 heterocycles. The van der Waals surface area contributed by atoms with Gasteiger partial charge < -0.3 is 14.7 Å². The van der Waals surface area contributed by atoms with Crippen LogP contribution in [0.4, 0.5) is 11.5 Å². The number of rotatable bonds is 4. The summed E-state index contributed by atoms with van der Waals surface area (Å²) >= 11 is 0. The number of hydrogen-bond donors (Lipinski definition) is 0. The van der Waals surface area contributed by atoms with Crippen molar-refractivity contribution < 1.29 is 4.79 Å². The van der Waals surface area contributed by atoms with Gasteiger partial charge in [-0.25, -0.2) is 9.97 Å². The van der Waals surface area contributed by atoms with E-state index in [1.165, 1.54) is 33.7 Å². The summed E-state index contributed by atoms with van der Waals surface area (Å²) in [5, 5.41) is 12.0. The molecule has 38 heavy (non-hydrogen) atoms. The van der Waals surface area contributed by atoms with E-state index in [4.69, 9.17) is 9.97 Å². The summed E-state index contributed by atoms with van der Waals surface area (Å²) in [5.41, 5.74) is 4.76. The zero-order valence-electron chi connectivity index (χ0n) is 23.2. The first-order valence-electron chi connectivity index (χ1n) is 13.6. The van der Waals surface area contributed by atoms with E-state index in [1.54, 1.807) is 4.90 Å². The maximum Gasteiger partial charge on any atom is 0.246 e. The lowest BCUT2D eigenvalue weighted by molar-refractivity contribution is -0.131. The average Bonchev–Trinajstić information content (AvgIpc) is 2.93. The van der Waals surface area contributed by atoms with Gasteiger partial charge in [-0.15, -0.1) is 0 Å². The van der Waals surface area contributed by atoms with E-state index in [2.05, 4.69) is 65.8 Å². The molecule has 0 N–H and O–H groups in total. The number of amides is 1. The van der Waals surface area contributed by atoms with Gasteiger partial charge in [0.2, 0.25) is 5.91 Å². The molecule has 1 aromatic heterocycles. The van der Waals surface area contributed by atoms with Crippen molar-refractivity contribution in [3.63, 3.8) is 0 Å². The Balaban J connectivity index is 0.00000164. The Kier molecular flexibility index (Phi) is 8.31. The van der Waals surface area contributed by atoms with Crippen molar-refractivity contribution in [2.75, 3.05) is 29.4 Å². The fraction of sp³-hybridized carbons (Fsp3) is 0.419. The minimum atomic E-state index is -0.200. The Morgan fingerprint density at radius 3 is 2.58 bits per heavy atom. The van der Waals surface area contributed by atoms with Crippen molar-refractivity contribution in [3.05, 3.63) is 71.7 Å². The van der Waals surface area contributed by atoms with Crippen molar-refractivity contribution in [2.24, 2.45) is 0 Å². The molecular formula is C31H38N6O. The zero-order valence-corrected chi connectivity index (χ0v) is 23.2. The quantitative estimate of drug-likeness (QED) is 0.441. The molecule has 0 radical (unpaired) electrons. The molecule has 1 amide bonds. The third-order valence-corrected chi connectivity index (χ3v) is 7.43. The van der Waals surface area contributed by atoms with Gasteiger partial charge in [0, 0.05) is 42.3 Å². The molecule has 198 valence electrons. The summed E-state index contributed by atoms with van der Waals surface area (Å²) in [6, 6.07) is 15.0. The molecule has 2 unspecified atom stereocenters. The third kappa shape index (κ3) is 5.08. The Morgan fingerprint density at radius 1 is 1.13 bits per heavy atom. The van der Waals surface area contributed by atoms with Crippen LogP contribution >= 0.6 is 0 Å². The second kappa shape index (κ2) is 11.6. The van der Waals surface area contributed by atoms with Gasteiger partial charge in [-0.1, -0.05) is 50.8 Å². The summed E-state index contributed by atoms with van der Waals surface area (Å²) in [7, 11) is 0. The Morgan fingerprint density at radius 2 is 1.87 bits per heavy atom. The van der Waals surface area contributed by atoms with Crippen LogP contribution in [0, 0.1) is 25.2 Å². The van der Waals surface area contributed by atoms with E-state index in [-0.39, 0.29) is 24.4 Å². The second-order valence-corrected chi connectivity index (χ2v) is 9.86. The predicted octanol–water partition coefficient (Wildman–Crippen LogP) is 5.34. The number of carbonyl (C=O) groups excluding carboxylic acids is 1. The van der Waals surface area contributed by atoms with Gasteiger partial charge in [-0.2, -0.15) is 5.26 Å². The molecule has 7 nitrogen and oxygen atoms in total. The first kappa shape index (κ1) is 27.1. The van der Waals surface area contributed by atoms with E-state index in [9.17, 15) is 10.1 Å². The van der Waals surface area contributed by atoms with Crippen LogP contribution in [0.3, 0.4) is 0 Å². The molecule has 0 bridgehead atoms. The van der Waals surface area contributed by atoms with Gasteiger partial charge in [0.15, 0.2) is 0 Å². The first-order chi connectivity index (χ1) is 18.4. The number of carbonyl (C=O) groups is 1. The average molecular weight is 511 g/mol. The maximum absolute atomic E-state index is 12.5. The molecule has 1 saturated heterocycles. The van der Waals surface area contributed by atoms with Crippen LogP contribution in [0.25, 0.3) is 10.8 Å². The number of nitriles is 1. The van der Waals surface area contributed by atoms with Crippen LogP contribution in [-0.4, -0.2) is 52.5 Å². The summed E-state index contributed by atoms with van der Waals surface area (Å²) in [5.74, 6) is 1.57. The van der Waals surface area contributed by atoms with Gasteiger partial charge in [0.05, 0.1) is 30.8 Å². The van der Waals surface area contributed by atoms with Gasteiger partial charge in [0.25, 0.3) is 0 Å². The van der Waals surface area contributed by atoms with Gasteiger partial charge >= 0.3 is 0 Å². The third-order valence-electron chi connectivity index (χ3n) is 7.43.